The summed E-state index contributed by atoms with van der Waals surface area (Å²) in [6.07, 6.45) is 10.7. The average molecular weight is 528 g/mol. The first kappa shape index (κ1) is 23.7. The summed E-state index contributed by atoms with van der Waals surface area (Å²) in [6.45, 7) is 0. The van der Waals surface area contributed by atoms with Gasteiger partial charge in [-0.3, -0.25) is 14.3 Å². The minimum atomic E-state index is -0.0364. The number of aryl methyl sites for hydroxylation is 1. The van der Waals surface area contributed by atoms with E-state index in [0.717, 1.165) is 40.7 Å². The molecule has 0 saturated carbocycles. The second kappa shape index (κ2) is 9.73. The first-order chi connectivity index (χ1) is 19.6. The summed E-state index contributed by atoms with van der Waals surface area (Å²) in [4.78, 5) is 31.0. The molecule has 196 valence electrons. The van der Waals surface area contributed by atoms with Crippen molar-refractivity contribution in [3.63, 3.8) is 0 Å². The zero-order chi connectivity index (χ0) is 27.1. The lowest BCUT2D eigenvalue weighted by Crippen LogP contribution is -2.28. The maximum absolute atomic E-state index is 12.8. The molecule has 5 aromatic heterocycles. The number of nitrogens with zero attached hydrogens (tertiary/aromatic N) is 7. The van der Waals surface area contributed by atoms with E-state index in [2.05, 4.69) is 32.5 Å². The number of amides is 1. The summed E-state index contributed by atoms with van der Waals surface area (Å²) in [6, 6.07) is 19.5. The minimum absolute atomic E-state index is 0.0137. The van der Waals surface area contributed by atoms with Crippen molar-refractivity contribution in [1.29, 1.82) is 0 Å². The van der Waals surface area contributed by atoms with Gasteiger partial charge in [0.05, 0.1) is 18.0 Å². The predicted molar refractivity (Wildman–Crippen MR) is 151 cm³/mol. The molecule has 1 atom stereocenters. The number of hydrogen-bond donors (Lipinski definition) is 2. The number of imidazole rings is 1. The van der Waals surface area contributed by atoms with Crippen molar-refractivity contribution >= 4 is 22.9 Å². The molecule has 0 spiro atoms. The number of nitrogen functional groups attached to an aromatic ring is 1. The normalized spacial score (nSPS) is 14.3. The van der Waals surface area contributed by atoms with E-state index in [0.29, 0.717) is 29.5 Å². The standard InChI is InChI=1S/C30H25N9O/c31-28-23(5-2-13-33-28)29-36-25-10-11-26(38-15-3-14-34-38)37-30(25)39(29)21-7-8-22-20(17-21)6-9-24(22)35-27(40)16-19-4-1-12-32-18-19/h1-5,7-8,10-15,17-18,24H,6,9,16H2,(H2,31,33)(H,35,40). The van der Waals surface area contributed by atoms with Crippen molar-refractivity contribution in [3.8, 4) is 22.9 Å². The van der Waals surface area contributed by atoms with E-state index in [4.69, 9.17) is 15.7 Å². The molecule has 40 heavy (non-hydrogen) atoms. The van der Waals surface area contributed by atoms with Crippen molar-refractivity contribution in [2.24, 2.45) is 0 Å². The van der Waals surface area contributed by atoms with Gasteiger partial charge in [0.15, 0.2) is 17.3 Å². The summed E-state index contributed by atoms with van der Waals surface area (Å²) >= 11 is 0. The molecule has 1 aliphatic carbocycles. The van der Waals surface area contributed by atoms with Crippen molar-refractivity contribution < 1.29 is 4.79 Å². The molecule has 0 bridgehead atoms. The molecule has 0 saturated heterocycles. The van der Waals surface area contributed by atoms with Crippen LogP contribution in [0.5, 0.6) is 0 Å². The van der Waals surface area contributed by atoms with Crippen LogP contribution in [0.3, 0.4) is 0 Å². The van der Waals surface area contributed by atoms with Crippen LogP contribution in [0, 0.1) is 0 Å². The summed E-state index contributed by atoms with van der Waals surface area (Å²) in [5, 5.41) is 7.54. The Hall–Kier alpha value is -5.38. The van der Waals surface area contributed by atoms with E-state index >= 15 is 0 Å². The summed E-state index contributed by atoms with van der Waals surface area (Å²) in [5.41, 5.74) is 12.5. The largest absolute Gasteiger partial charge is 0.383 e. The van der Waals surface area contributed by atoms with Crippen molar-refractivity contribution in [1.82, 2.24) is 39.6 Å². The van der Waals surface area contributed by atoms with Crippen molar-refractivity contribution in [3.05, 3.63) is 108 Å². The maximum Gasteiger partial charge on any atom is 0.224 e. The Bertz CT molecular complexity index is 1840. The van der Waals surface area contributed by atoms with Crippen LogP contribution in [0.1, 0.15) is 29.2 Å². The molecule has 3 N–H and O–H groups in total. The number of nitrogens with one attached hydrogen (secondary N) is 1. The van der Waals surface area contributed by atoms with E-state index in [9.17, 15) is 4.79 Å². The number of pyridine rings is 3. The molecule has 1 aliphatic rings. The van der Waals surface area contributed by atoms with Crippen LogP contribution >= 0.6 is 0 Å². The maximum atomic E-state index is 12.8. The van der Waals surface area contributed by atoms with Crippen molar-refractivity contribution in [2.45, 2.75) is 25.3 Å². The highest BCUT2D eigenvalue weighted by Crippen LogP contribution is 2.36. The molecule has 1 unspecified atom stereocenters. The number of benzene rings is 1. The van der Waals surface area contributed by atoms with Gasteiger partial charge in [-0.25, -0.2) is 19.6 Å². The fraction of sp³-hybridized carbons (Fsp3) is 0.133. The Morgan fingerprint density at radius 1 is 1.02 bits per heavy atom. The Kier molecular flexibility index (Phi) is 5.77. The van der Waals surface area contributed by atoms with Gasteiger partial charge >= 0.3 is 0 Å². The number of anilines is 1. The van der Waals surface area contributed by atoms with E-state index < -0.39 is 0 Å². The Balaban J connectivity index is 1.28. The Morgan fingerprint density at radius 2 is 1.95 bits per heavy atom. The smallest absolute Gasteiger partial charge is 0.224 e. The molecular weight excluding hydrogens is 502 g/mol. The van der Waals surface area contributed by atoms with Gasteiger partial charge in [-0.15, -0.1) is 0 Å². The molecule has 0 fully saturated rings. The third-order valence-electron chi connectivity index (χ3n) is 7.19. The number of aromatic nitrogens is 7. The van der Waals surface area contributed by atoms with Crippen LogP contribution in [0.2, 0.25) is 0 Å². The van der Waals surface area contributed by atoms with E-state index in [1.165, 1.54) is 5.56 Å². The Morgan fingerprint density at radius 3 is 2.77 bits per heavy atom. The first-order valence-electron chi connectivity index (χ1n) is 13.1. The third-order valence-corrected chi connectivity index (χ3v) is 7.19. The number of hydrogen-bond acceptors (Lipinski definition) is 7. The number of nitrogens with two attached hydrogens (primary N) is 1. The summed E-state index contributed by atoms with van der Waals surface area (Å²) in [5.74, 6) is 1.72. The van der Waals surface area contributed by atoms with Gasteiger partial charge < -0.3 is 11.1 Å². The topological polar surface area (TPSA) is 129 Å². The molecule has 6 aromatic rings. The molecule has 1 aromatic carbocycles. The zero-order valence-electron chi connectivity index (χ0n) is 21.5. The molecular formula is C30H25N9O. The lowest BCUT2D eigenvalue weighted by molar-refractivity contribution is -0.121. The quantitative estimate of drug-likeness (QED) is 0.335. The second-order valence-corrected chi connectivity index (χ2v) is 9.75. The summed E-state index contributed by atoms with van der Waals surface area (Å²) in [7, 11) is 0. The lowest BCUT2D eigenvalue weighted by atomic mass is 10.1. The van der Waals surface area contributed by atoms with Crippen LogP contribution in [-0.4, -0.2) is 40.2 Å². The molecule has 5 heterocycles. The summed E-state index contributed by atoms with van der Waals surface area (Å²) < 4.78 is 3.74. The van der Waals surface area contributed by atoms with Crippen LogP contribution in [0.4, 0.5) is 5.82 Å². The molecule has 0 radical (unpaired) electrons. The van der Waals surface area contributed by atoms with E-state index in [1.54, 1.807) is 29.5 Å². The van der Waals surface area contributed by atoms with Gasteiger partial charge in [-0.05, 0) is 78.1 Å². The van der Waals surface area contributed by atoms with E-state index in [1.807, 2.05) is 59.3 Å². The molecule has 1 amide bonds. The molecule has 0 aliphatic heterocycles. The molecule has 10 heteroatoms. The van der Waals surface area contributed by atoms with Gasteiger partial charge in [0, 0.05) is 36.7 Å². The van der Waals surface area contributed by atoms with Crippen molar-refractivity contribution in [2.75, 3.05) is 5.73 Å². The third kappa shape index (κ3) is 4.25. The fourth-order valence-corrected chi connectivity index (χ4v) is 5.34. The minimum Gasteiger partial charge on any atom is -0.383 e. The predicted octanol–water partition coefficient (Wildman–Crippen LogP) is 3.99. The fourth-order valence-electron chi connectivity index (χ4n) is 5.34. The Labute approximate surface area is 229 Å². The van der Waals surface area contributed by atoms with Gasteiger partial charge in [0.25, 0.3) is 0 Å². The number of rotatable bonds is 6. The number of carbonyl (C=O) groups excluding carboxylic acids is 1. The van der Waals surface area contributed by atoms with Gasteiger partial charge in [-0.1, -0.05) is 12.1 Å². The number of fused-ring (bicyclic) bond motifs is 2. The van der Waals surface area contributed by atoms with Crippen LogP contribution in [0.25, 0.3) is 34.1 Å². The second-order valence-electron chi connectivity index (χ2n) is 9.75. The monoisotopic (exact) mass is 527 g/mol. The first-order valence-corrected chi connectivity index (χ1v) is 13.1. The van der Waals surface area contributed by atoms with Crippen LogP contribution < -0.4 is 11.1 Å². The average Bonchev–Trinajstić information content (AvgIpc) is 3.72. The van der Waals surface area contributed by atoms with E-state index in [-0.39, 0.29) is 11.9 Å². The highest BCUT2D eigenvalue weighted by Gasteiger charge is 2.26. The SMILES string of the molecule is Nc1ncccc1-c1nc2ccc(-n3cccn3)nc2n1-c1ccc2c(c1)CCC2NC(=O)Cc1cccnc1. The van der Waals surface area contributed by atoms with Crippen LogP contribution in [0.15, 0.2) is 91.6 Å². The lowest BCUT2D eigenvalue weighted by Gasteiger charge is -2.16. The number of carbonyl (C=O) groups is 1. The van der Waals surface area contributed by atoms with Gasteiger partial charge in [0.1, 0.15) is 11.3 Å². The highest BCUT2D eigenvalue weighted by atomic mass is 16.1. The zero-order valence-corrected chi connectivity index (χ0v) is 21.5. The van der Waals surface area contributed by atoms with Crippen LogP contribution in [-0.2, 0) is 17.6 Å². The molecule has 7 rings (SSSR count). The van der Waals surface area contributed by atoms with Gasteiger partial charge in [-0.2, -0.15) is 5.10 Å². The highest BCUT2D eigenvalue weighted by molar-refractivity contribution is 5.83. The van der Waals surface area contributed by atoms with Gasteiger partial charge in [0.2, 0.25) is 5.91 Å². The molecule has 10 nitrogen and oxygen atoms in total.